The number of nitrogens with one attached hydrogen (secondary N) is 1. The third kappa shape index (κ3) is 2.17. The minimum atomic E-state index is 0.00400. The van der Waals surface area contributed by atoms with Gasteiger partial charge in [0.15, 0.2) is 0 Å². The molecule has 0 aromatic heterocycles. The molecule has 80 valence electrons. The van der Waals surface area contributed by atoms with Crippen LogP contribution >= 0.6 is 11.8 Å². The molecule has 0 radical (unpaired) electrons. The Hall–Kier alpha value is -0.960. The number of benzene rings is 1. The van der Waals surface area contributed by atoms with Crippen molar-refractivity contribution in [3.63, 3.8) is 0 Å². The van der Waals surface area contributed by atoms with Crippen molar-refractivity contribution in [3.8, 4) is 0 Å². The molecule has 1 fully saturated rings. The lowest BCUT2D eigenvalue weighted by atomic mass is 10.0. The molecule has 3 heteroatoms. The molecular weight excluding hydrogens is 206 g/mol. The zero-order chi connectivity index (χ0) is 10.9. The summed E-state index contributed by atoms with van der Waals surface area (Å²) in [5.74, 6) is 2.09. The lowest BCUT2D eigenvalue weighted by Crippen LogP contribution is -2.55. The highest BCUT2D eigenvalue weighted by Crippen LogP contribution is 2.29. The Morgan fingerprint density at radius 2 is 2.07 bits per heavy atom. The molecule has 1 aliphatic heterocycles. The number of aryl methyl sites for hydroxylation is 1. The molecule has 1 heterocycles. The quantitative estimate of drug-likeness (QED) is 0.829. The third-order valence-electron chi connectivity index (χ3n) is 2.65. The van der Waals surface area contributed by atoms with E-state index in [-0.39, 0.29) is 11.4 Å². The van der Waals surface area contributed by atoms with Gasteiger partial charge in [-0.05, 0) is 25.5 Å². The van der Waals surface area contributed by atoms with Crippen LogP contribution in [0.3, 0.4) is 0 Å². The molecule has 1 aromatic rings. The Balaban J connectivity index is 2.11. The van der Waals surface area contributed by atoms with Crippen molar-refractivity contribution in [2.45, 2.75) is 19.4 Å². The molecule has 0 spiro atoms. The first-order valence-corrected chi connectivity index (χ1v) is 6.22. The maximum Gasteiger partial charge on any atom is 0.252 e. The van der Waals surface area contributed by atoms with E-state index in [2.05, 4.69) is 12.2 Å². The summed E-state index contributed by atoms with van der Waals surface area (Å²) in [6.45, 7) is 4.06. The summed E-state index contributed by atoms with van der Waals surface area (Å²) in [7, 11) is 0. The normalized spacial score (nSPS) is 18.0. The van der Waals surface area contributed by atoms with E-state index in [1.807, 2.05) is 43.0 Å². The van der Waals surface area contributed by atoms with Gasteiger partial charge in [0.25, 0.3) is 5.91 Å². The van der Waals surface area contributed by atoms with E-state index < -0.39 is 0 Å². The number of amides is 1. The molecule has 1 saturated heterocycles. The van der Waals surface area contributed by atoms with Crippen LogP contribution in [0.4, 0.5) is 0 Å². The maximum absolute atomic E-state index is 12.0. The molecule has 1 aromatic carbocycles. The first-order chi connectivity index (χ1) is 7.11. The second kappa shape index (κ2) is 3.89. The molecule has 2 nitrogen and oxygen atoms in total. The Bertz CT molecular complexity index is 385. The highest BCUT2D eigenvalue weighted by molar-refractivity contribution is 8.00. The SMILES string of the molecule is Cc1ccccc1C(=O)NC1(C)CSC1. The van der Waals surface area contributed by atoms with Crippen molar-refractivity contribution in [1.82, 2.24) is 5.32 Å². The van der Waals surface area contributed by atoms with Gasteiger partial charge in [-0.25, -0.2) is 0 Å². The first-order valence-electron chi connectivity index (χ1n) is 5.07. The van der Waals surface area contributed by atoms with Crippen LogP contribution in [0.1, 0.15) is 22.8 Å². The summed E-state index contributed by atoms with van der Waals surface area (Å²) in [6.07, 6.45) is 0. The summed E-state index contributed by atoms with van der Waals surface area (Å²) in [5.41, 5.74) is 1.82. The Labute approximate surface area is 94.4 Å². The van der Waals surface area contributed by atoms with E-state index in [9.17, 15) is 4.79 Å². The number of carbonyl (C=O) groups is 1. The molecule has 0 unspecified atom stereocenters. The average molecular weight is 221 g/mol. The fourth-order valence-corrected chi connectivity index (χ4v) is 2.61. The highest BCUT2D eigenvalue weighted by atomic mass is 32.2. The van der Waals surface area contributed by atoms with Crippen molar-refractivity contribution in [2.24, 2.45) is 0 Å². The van der Waals surface area contributed by atoms with Crippen molar-refractivity contribution >= 4 is 17.7 Å². The van der Waals surface area contributed by atoms with Crippen LogP contribution in [0.2, 0.25) is 0 Å². The average Bonchev–Trinajstić information content (AvgIpc) is 2.16. The molecule has 0 aliphatic carbocycles. The Morgan fingerprint density at radius 3 is 2.60 bits per heavy atom. The summed E-state index contributed by atoms with van der Waals surface area (Å²) in [4.78, 5) is 12.0. The molecular formula is C12H15NOS. The smallest absolute Gasteiger partial charge is 0.252 e. The minimum Gasteiger partial charge on any atom is -0.345 e. The molecule has 0 atom stereocenters. The van der Waals surface area contributed by atoms with E-state index in [0.717, 1.165) is 22.6 Å². The number of hydrogen-bond donors (Lipinski definition) is 1. The fraction of sp³-hybridized carbons (Fsp3) is 0.417. The molecule has 15 heavy (non-hydrogen) atoms. The highest BCUT2D eigenvalue weighted by Gasteiger charge is 2.34. The van der Waals surface area contributed by atoms with Crippen molar-refractivity contribution in [1.29, 1.82) is 0 Å². The largest absolute Gasteiger partial charge is 0.345 e. The molecule has 1 aliphatic rings. The van der Waals surface area contributed by atoms with Gasteiger partial charge >= 0.3 is 0 Å². The van der Waals surface area contributed by atoms with Crippen LogP contribution in [0.5, 0.6) is 0 Å². The number of hydrogen-bond acceptors (Lipinski definition) is 2. The van der Waals surface area contributed by atoms with E-state index in [4.69, 9.17) is 0 Å². The van der Waals surface area contributed by atoms with Gasteiger partial charge < -0.3 is 5.32 Å². The van der Waals surface area contributed by atoms with Gasteiger partial charge in [-0.2, -0.15) is 11.8 Å². The molecule has 0 saturated carbocycles. The van der Waals surface area contributed by atoms with Gasteiger partial charge in [0.1, 0.15) is 0 Å². The van der Waals surface area contributed by atoms with Crippen molar-refractivity contribution < 1.29 is 4.79 Å². The second-order valence-corrected chi connectivity index (χ2v) is 5.31. The summed E-state index contributed by atoms with van der Waals surface area (Å²) < 4.78 is 0. The fourth-order valence-electron chi connectivity index (χ4n) is 1.65. The predicted octanol–water partition coefficient (Wildman–Crippen LogP) is 2.23. The summed E-state index contributed by atoms with van der Waals surface area (Å²) in [5, 5.41) is 3.09. The van der Waals surface area contributed by atoms with E-state index in [0.29, 0.717) is 0 Å². The first kappa shape index (κ1) is 10.6. The minimum absolute atomic E-state index is 0.00400. The molecule has 1 N–H and O–H groups in total. The number of rotatable bonds is 2. The lowest BCUT2D eigenvalue weighted by molar-refractivity contribution is 0.0918. The van der Waals surface area contributed by atoms with Gasteiger partial charge in [-0.3, -0.25) is 4.79 Å². The van der Waals surface area contributed by atoms with E-state index in [1.54, 1.807) is 0 Å². The lowest BCUT2D eigenvalue weighted by Gasteiger charge is -2.38. The Kier molecular flexibility index (Phi) is 2.74. The maximum atomic E-state index is 12.0. The Morgan fingerprint density at radius 1 is 1.40 bits per heavy atom. The molecule has 1 amide bonds. The van der Waals surface area contributed by atoms with Crippen molar-refractivity contribution in [3.05, 3.63) is 35.4 Å². The van der Waals surface area contributed by atoms with E-state index >= 15 is 0 Å². The van der Waals surface area contributed by atoms with Crippen LogP contribution in [0.25, 0.3) is 0 Å². The van der Waals surface area contributed by atoms with E-state index in [1.165, 1.54) is 0 Å². The van der Waals surface area contributed by atoms with Gasteiger partial charge in [0, 0.05) is 17.1 Å². The van der Waals surface area contributed by atoms with Gasteiger partial charge in [0.05, 0.1) is 5.54 Å². The summed E-state index contributed by atoms with van der Waals surface area (Å²) in [6, 6.07) is 7.69. The monoisotopic (exact) mass is 221 g/mol. The van der Waals surface area contributed by atoms with Gasteiger partial charge in [-0.15, -0.1) is 0 Å². The van der Waals surface area contributed by atoms with Gasteiger partial charge in [-0.1, -0.05) is 18.2 Å². The van der Waals surface area contributed by atoms with Gasteiger partial charge in [0.2, 0.25) is 0 Å². The van der Waals surface area contributed by atoms with Crippen LogP contribution < -0.4 is 5.32 Å². The number of carbonyl (C=O) groups excluding carboxylic acids is 1. The zero-order valence-corrected chi connectivity index (χ0v) is 9.86. The van der Waals surface area contributed by atoms with Crippen LogP contribution in [-0.2, 0) is 0 Å². The zero-order valence-electron chi connectivity index (χ0n) is 9.04. The van der Waals surface area contributed by atoms with Crippen molar-refractivity contribution in [2.75, 3.05) is 11.5 Å². The second-order valence-electron chi connectivity index (χ2n) is 4.32. The topological polar surface area (TPSA) is 29.1 Å². The van der Waals surface area contributed by atoms with Crippen LogP contribution in [0.15, 0.2) is 24.3 Å². The third-order valence-corrected chi connectivity index (χ3v) is 4.33. The van der Waals surface area contributed by atoms with Crippen LogP contribution in [0, 0.1) is 6.92 Å². The standard InChI is InChI=1S/C12H15NOS/c1-9-5-3-4-6-10(9)11(14)13-12(2)7-15-8-12/h3-6H,7-8H2,1-2H3,(H,13,14). The molecule has 2 rings (SSSR count). The predicted molar refractivity (Wildman–Crippen MR) is 64.4 cm³/mol. The summed E-state index contributed by atoms with van der Waals surface area (Å²) >= 11 is 1.87. The van der Waals surface area contributed by atoms with Crippen LogP contribution in [-0.4, -0.2) is 23.0 Å². The number of thioether (sulfide) groups is 1. The molecule has 0 bridgehead atoms.